The molecule has 0 saturated carbocycles. The summed E-state index contributed by atoms with van der Waals surface area (Å²) in [6, 6.07) is 5.93. The number of hydrogen-bond acceptors (Lipinski definition) is 1. The fourth-order valence-corrected chi connectivity index (χ4v) is 2.32. The lowest BCUT2D eigenvalue weighted by Gasteiger charge is -2.30. The molecule has 0 unspecified atom stereocenters. The van der Waals surface area contributed by atoms with Crippen LogP contribution in [0.1, 0.15) is 16.8 Å². The number of halogens is 1. The second-order valence-electron chi connectivity index (χ2n) is 4.04. The zero-order valence-electron chi connectivity index (χ0n) is 8.66. The Bertz CT molecular complexity index is 557. The number of fused-ring (bicyclic) bond motifs is 1. The molecular weight excluding hydrogens is 268 g/mol. The number of hydrogen-bond donors (Lipinski definition) is 1. The molecule has 1 saturated heterocycles. The molecule has 2 heterocycles. The standard InChI is InChI=1S/C12H11BrN2O/c13-8-2-3-11-9(6-8)10(7-14-11)12(16)15-4-1-5-15/h2-3,6-7,14H,1,4-5H2. The summed E-state index contributed by atoms with van der Waals surface area (Å²) >= 11 is 3.43. The Morgan fingerprint density at radius 3 is 2.88 bits per heavy atom. The summed E-state index contributed by atoms with van der Waals surface area (Å²) in [7, 11) is 0. The first-order valence-corrected chi connectivity index (χ1v) is 6.11. The van der Waals surface area contributed by atoms with Crippen molar-refractivity contribution >= 4 is 32.7 Å². The van der Waals surface area contributed by atoms with Crippen LogP contribution in [0.4, 0.5) is 0 Å². The number of nitrogens with zero attached hydrogens (tertiary/aromatic N) is 1. The topological polar surface area (TPSA) is 36.1 Å². The van der Waals surface area contributed by atoms with Gasteiger partial charge < -0.3 is 9.88 Å². The van der Waals surface area contributed by atoms with Gasteiger partial charge in [0.15, 0.2) is 0 Å². The normalized spacial score (nSPS) is 15.2. The van der Waals surface area contributed by atoms with Crippen molar-refractivity contribution < 1.29 is 4.79 Å². The molecule has 0 aliphatic carbocycles. The predicted octanol–water partition coefficient (Wildman–Crippen LogP) is 2.78. The average molecular weight is 279 g/mol. The van der Waals surface area contributed by atoms with E-state index in [0.717, 1.165) is 40.4 Å². The highest BCUT2D eigenvalue weighted by molar-refractivity contribution is 9.10. The summed E-state index contributed by atoms with van der Waals surface area (Å²) in [5.41, 5.74) is 1.78. The summed E-state index contributed by atoms with van der Waals surface area (Å²) in [4.78, 5) is 17.1. The van der Waals surface area contributed by atoms with Crippen molar-refractivity contribution in [3.63, 3.8) is 0 Å². The SMILES string of the molecule is O=C(c1c[nH]c2ccc(Br)cc12)N1CCC1. The van der Waals surface area contributed by atoms with Crippen LogP contribution in [0.25, 0.3) is 10.9 Å². The van der Waals surface area contributed by atoms with E-state index in [9.17, 15) is 4.79 Å². The van der Waals surface area contributed by atoms with E-state index >= 15 is 0 Å². The van der Waals surface area contributed by atoms with Gasteiger partial charge in [0.1, 0.15) is 0 Å². The Morgan fingerprint density at radius 1 is 1.38 bits per heavy atom. The van der Waals surface area contributed by atoms with Crippen LogP contribution in [-0.4, -0.2) is 28.9 Å². The minimum Gasteiger partial charge on any atom is -0.360 e. The first-order chi connectivity index (χ1) is 7.75. The summed E-state index contributed by atoms with van der Waals surface area (Å²) < 4.78 is 0.997. The Morgan fingerprint density at radius 2 is 2.19 bits per heavy atom. The van der Waals surface area contributed by atoms with Gasteiger partial charge in [-0.1, -0.05) is 15.9 Å². The van der Waals surface area contributed by atoms with Crippen molar-refractivity contribution in [1.82, 2.24) is 9.88 Å². The average Bonchev–Trinajstić information content (AvgIpc) is 2.57. The number of nitrogens with one attached hydrogen (secondary N) is 1. The molecule has 1 aliphatic rings. The summed E-state index contributed by atoms with van der Waals surface area (Å²) in [5.74, 6) is 0.135. The van der Waals surface area contributed by atoms with E-state index in [2.05, 4.69) is 20.9 Å². The summed E-state index contributed by atoms with van der Waals surface area (Å²) in [5, 5.41) is 0.992. The van der Waals surface area contributed by atoms with Crippen LogP contribution in [0.2, 0.25) is 0 Å². The van der Waals surface area contributed by atoms with Gasteiger partial charge >= 0.3 is 0 Å². The maximum atomic E-state index is 12.1. The van der Waals surface area contributed by atoms with E-state index < -0.39 is 0 Å². The highest BCUT2D eigenvalue weighted by Crippen LogP contribution is 2.24. The lowest BCUT2D eigenvalue weighted by Crippen LogP contribution is -2.41. The molecule has 0 atom stereocenters. The first kappa shape index (κ1) is 9.90. The van der Waals surface area contributed by atoms with Crippen molar-refractivity contribution in [2.75, 3.05) is 13.1 Å². The number of rotatable bonds is 1. The monoisotopic (exact) mass is 278 g/mol. The van der Waals surface area contributed by atoms with Gasteiger partial charge in [-0.2, -0.15) is 0 Å². The van der Waals surface area contributed by atoms with Gasteiger partial charge in [0.05, 0.1) is 5.56 Å². The summed E-state index contributed by atoms with van der Waals surface area (Å²) in [6.45, 7) is 1.78. The molecule has 82 valence electrons. The van der Waals surface area contributed by atoms with Crippen molar-refractivity contribution in [2.24, 2.45) is 0 Å². The van der Waals surface area contributed by atoms with E-state index in [1.54, 1.807) is 6.20 Å². The largest absolute Gasteiger partial charge is 0.360 e. The number of aromatic amines is 1. The molecule has 16 heavy (non-hydrogen) atoms. The molecule has 1 aromatic carbocycles. The number of aromatic nitrogens is 1. The number of carbonyl (C=O) groups is 1. The highest BCUT2D eigenvalue weighted by atomic mass is 79.9. The molecule has 1 aliphatic heterocycles. The van der Waals surface area contributed by atoms with E-state index in [4.69, 9.17) is 0 Å². The second kappa shape index (κ2) is 3.63. The Hall–Kier alpha value is -1.29. The van der Waals surface area contributed by atoms with E-state index in [1.807, 2.05) is 23.1 Å². The van der Waals surface area contributed by atoms with Gasteiger partial charge in [0, 0.05) is 34.7 Å². The zero-order valence-corrected chi connectivity index (χ0v) is 10.3. The lowest BCUT2D eigenvalue weighted by molar-refractivity contribution is 0.0654. The van der Waals surface area contributed by atoms with Gasteiger partial charge in [-0.05, 0) is 24.6 Å². The molecule has 0 spiro atoms. The third-order valence-electron chi connectivity index (χ3n) is 3.02. The molecule has 0 radical (unpaired) electrons. The molecule has 0 bridgehead atoms. The number of H-pyrrole nitrogens is 1. The second-order valence-corrected chi connectivity index (χ2v) is 4.95. The van der Waals surface area contributed by atoms with Gasteiger partial charge in [-0.3, -0.25) is 4.79 Å². The quantitative estimate of drug-likeness (QED) is 0.856. The lowest BCUT2D eigenvalue weighted by atomic mass is 10.1. The van der Waals surface area contributed by atoms with Crippen LogP contribution in [0.5, 0.6) is 0 Å². The maximum Gasteiger partial charge on any atom is 0.256 e. The third kappa shape index (κ3) is 1.45. The fraction of sp³-hybridized carbons (Fsp3) is 0.250. The molecule has 1 aromatic heterocycles. The van der Waals surface area contributed by atoms with Crippen molar-refractivity contribution in [1.29, 1.82) is 0 Å². The van der Waals surface area contributed by atoms with E-state index in [-0.39, 0.29) is 5.91 Å². The van der Waals surface area contributed by atoms with Gasteiger partial charge in [0.2, 0.25) is 0 Å². The Kier molecular flexibility index (Phi) is 2.24. The number of carbonyl (C=O) groups excluding carboxylic acids is 1. The molecule has 1 amide bonds. The third-order valence-corrected chi connectivity index (χ3v) is 3.51. The molecule has 4 heteroatoms. The number of likely N-dealkylation sites (tertiary alicyclic amines) is 1. The molecule has 2 aromatic rings. The summed E-state index contributed by atoms with van der Waals surface area (Å²) in [6.07, 6.45) is 2.93. The van der Waals surface area contributed by atoms with Crippen molar-refractivity contribution in [3.8, 4) is 0 Å². The minimum atomic E-state index is 0.135. The zero-order chi connectivity index (χ0) is 11.1. The predicted molar refractivity (Wildman–Crippen MR) is 66.5 cm³/mol. The molecule has 3 rings (SSSR count). The van der Waals surface area contributed by atoms with Crippen molar-refractivity contribution in [3.05, 3.63) is 34.4 Å². The van der Waals surface area contributed by atoms with Crippen LogP contribution in [0.15, 0.2) is 28.9 Å². The van der Waals surface area contributed by atoms with Crippen LogP contribution in [0, 0.1) is 0 Å². The van der Waals surface area contributed by atoms with Gasteiger partial charge in [0.25, 0.3) is 5.91 Å². The van der Waals surface area contributed by atoms with Crippen LogP contribution in [-0.2, 0) is 0 Å². The number of amides is 1. The van der Waals surface area contributed by atoms with Crippen molar-refractivity contribution in [2.45, 2.75) is 6.42 Å². The smallest absolute Gasteiger partial charge is 0.256 e. The van der Waals surface area contributed by atoms with Crippen LogP contribution < -0.4 is 0 Å². The van der Waals surface area contributed by atoms with E-state index in [0.29, 0.717) is 0 Å². The fourth-order valence-electron chi connectivity index (χ4n) is 1.96. The minimum absolute atomic E-state index is 0.135. The van der Waals surface area contributed by atoms with Crippen LogP contribution in [0.3, 0.4) is 0 Å². The Labute approximate surface area is 102 Å². The highest BCUT2D eigenvalue weighted by Gasteiger charge is 2.23. The van der Waals surface area contributed by atoms with Crippen LogP contribution >= 0.6 is 15.9 Å². The molecule has 1 fully saturated rings. The first-order valence-electron chi connectivity index (χ1n) is 5.31. The molecule has 3 nitrogen and oxygen atoms in total. The number of benzene rings is 1. The maximum absolute atomic E-state index is 12.1. The Balaban J connectivity index is 2.08. The van der Waals surface area contributed by atoms with Gasteiger partial charge in [-0.25, -0.2) is 0 Å². The molecular formula is C12H11BrN2O. The van der Waals surface area contributed by atoms with Gasteiger partial charge in [-0.15, -0.1) is 0 Å². The van der Waals surface area contributed by atoms with E-state index in [1.165, 1.54) is 0 Å². The molecule has 1 N–H and O–H groups in total.